The van der Waals surface area contributed by atoms with Gasteiger partial charge in [0.2, 0.25) is 0 Å². The summed E-state index contributed by atoms with van der Waals surface area (Å²) in [6.45, 7) is 1.42. The second-order valence-corrected chi connectivity index (χ2v) is 7.06. The summed E-state index contributed by atoms with van der Waals surface area (Å²) in [5.41, 5.74) is 1.40. The fourth-order valence-electron chi connectivity index (χ4n) is 3.66. The Labute approximate surface area is 144 Å². The molecule has 2 aromatic heterocycles. The van der Waals surface area contributed by atoms with Gasteiger partial charge in [0.15, 0.2) is 11.5 Å². The number of aromatic nitrogens is 5. The minimum absolute atomic E-state index is 0.0138. The standard InChI is InChI=1S/C18H20N6O/c25-18(15-13-5-1-2-6-14(13)20-21-15)24-9-3-4-12(10-24)17-19-16(22-23-17)11-7-8-11/h1-2,5-6,11-12H,3-4,7-10H2,(H,20,21)(H,19,22,23)/t12-/m0/s1. The number of carbonyl (C=O) groups excluding carboxylic acids is 1. The van der Waals surface area contributed by atoms with Gasteiger partial charge >= 0.3 is 0 Å². The number of H-pyrrole nitrogens is 2. The van der Waals surface area contributed by atoms with E-state index < -0.39 is 0 Å². The summed E-state index contributed by atoms with van der Waals surface area (Å²) >= 11 is 0. The number of nitrogens with zero attached hydrogens (tertiary/aromatic N) is 4. The summed E-state index contributed by atoms with van der Waals surface area (Å²) in [5, 5.41) is 15.6. The zero-order valence-corrected chi connectivity index (χ0v) is 13.9. The number of likely N-dealkylation sites (tertiary alicyclic amines) is 1. The lowest BCUT2D eigenvalue weighted by Gasteiger charge is -2.31. The Morgan fingerprint density at radius 1 is 1.08 bits per heavy atom. The quantitative estimate of drug-likeness (QED) is 0.769. The number of fused-ring (bicyclic) bond motifs is 1. The third kappa shape index (κ3) is 2.59. The molecule has 0 bridgehead atoms. The van der Waals surface area contributed by atoms with Crippen LogP contribution in [-0.4, -0.2) is 49.3 Å². The molecular formula is C18H20N6O. The minimum atomic E-state index is -0.0138. The predicted octanol–water partition coefficient (Wildman–Crippen LogP) is 2.58. The van der Waals surface area contributed by atoms with Gasteiger partial charge in [-0.1, -0.05) is 18.2 Å². The summed E-state index contributed by atoms with van der Waals surface area (Å²) in [6.07, 6.45) is 4.39. The van der Waals surface area contributed by atoms with E-state index in [0.29, 0.717) is 18.2 Å². The zero-order chi connectivity index (χ0) is 16.8. The Hall–Kier alpha value is -2.70. The topological polar surface area (TPSA) is 90.6 Å². The molecule has 0 radical (unpaired) electrons. The SMILES string of the molecule is O=C(c1n[nH]c2ccccc12)N1CCC[C@H](c2n[nH]c(C3CC3)n2)C1. The first-order valence-corrected chi connectivity index (χ1v) is 8.94. The van der Waals surface area contributed by atoms with E-state index in [0.717, 1.165) is 41.9 Å². The van der Waals surface area contributed by atoms with Crippen LogP contribution in [-0.2, 0) is 0 Å². The van der Waals surface area contributed by atoms with Crippen molar-refractivity contribution in [3.8, 4) is 0 Å². The van der Waals surface area contributed by atoms with Gasteiger partial charge in [0, 0.05) is 30.3 Å². The summed E-state index contributed by atoms with van der Waals surface area (Å²) in [5.74, 6) is 2.62. The highest BCUT2D eigenvalue weighted by Crippen LogP contribution is 2.38. The van der Waals surface area contributed by atoms with Gasteiger partial charge in [-0.3, -0.25) is 15.0 Å². The van der Waals surface area contributed by atoms with Gasteiger partial charge < -0.3 is 4.90 Å². The van der Waals surface area contributed by atoms with Crippen molar-refractivity contribution in [1.29, 1.82) is 0 Å². The number of carbonyl (C=O) groups is 1. The highest BCUT2D eigenvalue weighted by atomic mass is 16.2. The molecule has 5 rings (SSSR count). The van der Waals surface area contributed by atoms with Crippen LogP contribution in [0.2, 0.25) is 0 Å². The molecule has 1 aliphatic carbocycles. The van der Waals surface area contributed by atoms with Gasteiger partial charge in [0.25, 0.3) is 5.91 Å². The Morgan fingerprint density at radius 3 is 2.84 bits per heavy atom. The average molecular weight is 336 g/mol. The summed E-state index contributed by atoms with van der Waals surface area (Å²) in [6, 6.07) is 7.74. The van der Waals surface area contributed by atoms with Crippen molar-refractivity contribution >= 4 is 16.8 Å². The molecule has 1 aliphatic heterocycles. The lowest BCUT2D eigenvalue weighted by atomic mass is 9.97. The molecule has 1 amide bonds. The largest absolute Gasteiger partial charge is 0.337 e. The molecule has 3 aromatic rings. The third-order valence-electron chi connectivity index (χ3n) is 5.23. The molecule has 2 N–H and O–H groups in total. The van der Waals surface area contributed by atoms with Gasteiger partial charge in [-0.15, -0.1) is 0 Å². The first kappa shape index (κ1) is 14.6. The van der Waals surface area contributed by atoms with Gasteiger partial charge in [-0.25, -0.2) is 4.98 Å². The number of para-hydroxylation sites is 1. The van der Waals surface area contributed by atoms with E-state index in [4.69, 9.17) is 0 Å². The van der Waals surface area contributed by atoms with Crippen LogP contribution in [0.25, 0.3) is 10.9 Å². The molecular weight excluding hydrogens is 316 g/mol. The summed E-state index contributed by atoms with van der Waals surface area (Å²) < 4.78 is 0. The van der Waals surface area contributed by atoms with Crippen molar-refractivity contribution in [1.82, 2.24) is 30.3 Å². The molecule has 0 spiro atoms. The van der Waals surface area contributed by atoms with Gasteiger partial charge in [-0.2, -0.15) is 10.2 Å². The van der Waals surface area contributed by atoms with Crippen LogP contribution in [0, 0.1) is 0 Å². The van der Waals surface area contributed by atoms with Crippen molar-refractivity contribution in [2.75, 3.05) is 13.1 Å². The zero-order valence-electron chi connectivity index (χ0n) is 13.9. The number of piperidine rings is 1. The Bertz CT molecular complexity index is 924. The number of hydrogen-bond acceptors (Lipinski definition) is 4. The normalized spacial score (nSPS) is 21.0. The molecule has 25 heavy (non-hydrogen) atoms. The fourth-order valence-corrected chi connectivity index (χ4v) is 3.66. The molecule has 7 heteroatoms. The molecule has 1 aromatic carbocycles. The first-order valence-electron chi connectivity index (χ1n) is 8.94. The maximum absolute atomic E-state index is 13.0. The van der Waals surface area contributed by atoms with Crippen LogP contribution in [0.15, 0.2) is 24.3 Å². The van der Waals surface area contributed by atoms with Crippen LogP contribution in [0.3, 0.4) is 0 Å². The molecule has 7 nitrogen and oxygen atoms in total. The molecule has 1 saturated carbocycles. The van der Waals surface area contributed by atoms with E-state index in [2.05, 4.69) is 25.4 Å². The fraction of sp³-hybridized carbons (Fsp3) is 0.444. The van der Waals surface area contributed by atoms with E-state index in [1.807, 2.05) is 29.2 Å². The Morgan fingerprint density at radius 2 is 1.96 bits per heavy atom. The second-order valence-electron chi connectivity index (χ2n) is 7.06. The smallest absolute Gasteiger partial charge is 0.275 e. The molecule has 0 unspecified atom stereocenters. The monoisotopic (exact) mass is 336 g/mol. The minimum Gasteiger partial charge on any atom is -0.337 e. The van der Waals surface area contributed by atoms with Crippen molar-refractivity contribution in [3.05, 3.63) is 41.6 Å². The van der Waals surface area contributed by atoms with E-state index in [9.17, 15) is 4.79 Å². The van der Waals surface area contributed by atoms with Crippen LogP contribution >= 0.6 is 0 Å². The molecule has 3 heterocycles. The summed E-state index contributed by atoms with van der Waals surface area (Å²) in [7, 11) is 0. The molecule has 128 valence electrons. The van der Waals surface area contributed by atoms with Crippen LogP contribution in [0.5, 0.6) is 0 Å². The van der Waals surface area contributed by atoms with Crippen molar-refractivity contribution in [2.24, 2.45) is 0 Å². The van der Waals surface area contributed by atoms with E-state index >= 15 is 0 Å². The average Bonchev–Trinajstić information content (AvgIpc) is 3.23. The third-order valence-corrected chi connectivity index (χ3v) is 5.23. The summed E-state index contributed by atoms with van der Waals surface area (Å²) in [4.78, 5) is 19.5. The van der Waals surface area contributed by atoms with Crippen molar-refractivity contribution in [3.63, 3.8) is 0 Å². The number of benzene rings is 1. The van der Waals surface area contributed by atoms with Crippen LogP contribution < -0.4 is 0 Å². The van der Waals surface area contributed by atoms with Crippen LogP contribution in [0.4, 0.5) is 0 Å². The molecule has 2 aliphatic rings. The highest BCUT2D eigenvalue weighted by Gasteiger charge is 2.32. The first-order chi connectivity index (χ1) is 12.3. The van der Waals surface area contributed by atoms with E-state index in [-0.39, 0.29) is 11.8 Å². The maximum atomic E-state index is 13.0. The number of rotatable bonds is 3. The Kier molecular flexibility index (Phi) is 3.33. The molecule has 2 fully saturated rings. The number of hydrogen-bond donors (Lipinski definition) is 2. The number of amides is 1. The van der Waals surface area contributed by atoms with Gasteiger partial charge in [-0.05, 0) is 31.7 Å². The molecule has 1 atom stereocenters. The highest BCUT2D eigenvalue weighted by molar-refractivity contribution is 6.04. The Balaban J connectivity index is 1.37. The van der Waals surface area contributed by atoms with Crippen molar-refractivity contribution < 1.29 is 4.79 Å². The number of nitrogens with one attached hydrogen (secondary N) is 2. The van der Waals surface area contributed by atoms with E-state index in [1.54, 1.807) is 0 Å². The maximum Gasteiger partial charge on any atom is 0.275 e. The molecule has 1 saturated heterocycles. The lowest BCUT2D eigenvalue weighted by Crippen LogP contribution is -2.39. The predicted molar refractivity (Wildman–Crippen MR) is 92.3 cm³/mol. The van der Waals surface area contributed by atoms with Gasteiger partial charge in [0.05, 0.1) is 5.52 Å². The van der Waals surface area contributed by atoms with Gasteiger partial charge in [0.1, 0.15) is 5.82 Å². The van der Waals surface area contributed by atoms with Crippen molar-refractivity contribution in [2.45, 2.75) is 37.5 Å². The van der Waals surface area contributed by atoms with E-state index in [1.165, 1.54) is 12.8 Å². The second kappa shape index (κ2) is 5.68. The van der Waals surface area contributed by atoms with Crippen LogP contribution in [0.1, 0.15) is 59.7 Å². The lowest BCUT2D eigenvalue weighted by molar-refractivity contribution is 0.0700. The number of aromatic amines is 2.